The van der Waals surface area contributed by atoms with Gasteiger partial charge in [0.1, 0.15) is 0 Å². The van der Waals surface area contributed by atoms with Crippen molar-refractivity contribution in [1.82, 2.24) is 9.99 Å². The van der Waals surface area contributed by atoms with Crippen LogP contribution in [0.4, 0.5) is 0 Å². The Hall–Kier alpha value is -2.53. The molecule has 0 spiro atoms. The summed E-state index contributed by atoms with van der Waals surface area (Å²) in [6, 6.07) is 14.0. The second kappa shape index (κ2) is 5.59. The molecule has 5 heteroatoms. The normalized spacial score (nSPS) is 17.5. The Kier molecular flexibility index (Phi) is 3.42. The SMILES string of the molecule is CC(=O)N1N=C(c2cccs2)C[C@H]1c1ccnc2ccccc12. The van der Waals surface area contributed by atoms with Crippen LogP contribution in [0.5, 0.6) is 0 Å². The van der Waals surface area contributed by atoms with E-state index < -0.39 is 0 Å². The zero-order valence-electron chi connectivity index (χ0n) is 12.6. The Morgan fingerprint density at radius 2 is 2.09 bits per heavy atom. The molecule has 0 unspecified atom stereocenters. The van der Waals surface area contributed by atoms with Gasteiger partial charge in [-0.3, -0.25) is 9.78 Å². The van der Waals surface area contributed by atoms with Crippen LogP contribution in [0.3, 0.4) is 0 Å². The monoisotopic (exact) mass is 321 g/mol. The molecule has 1 aromatic carbocycles. The van der Waals surface area contributed by atoms with Gasteiger partial charge in [-0.05, 0) is 29.1 Å². The van der Waals surface area contributed by atoms with E-state index in [-0.39, 0.29) is 11.9 Å². The highest BCUT2D eigenvalue weighted by molar-refractivity contribution is 7.12. The van der Waals surface area contributed by atoms with E-state index in [1.807, 2.05) is 35.7 Å². The summed E-state index contributed by atoms with van der Waals surface area (Å²) in [6.07, 6.45) is 2.53. The average Bonchev–Trinajstić information content (AvgIpc) is 3.23. The van der Waals surface area contributed by atoms with E-state index in [0.29, 0.717) is 0 Å². The molecule has 1 aliphatic heterocycles. The van der Waals surface area contributed by atoms with Crippen LogP contribution < -0.4 is 0 Å². The molecule has 1 amide bonds. The minimum Gasteiger partial charge on any atom is -0.273 e. The van der Waals surface area contributed by atoms with Gasteiger partial charge in [0.05, 0.1) is 22.1 Å². The van der Waals surface area contributed by atoms with Crippen molar-refractivity contribution >= 4 is 33.9 Å². The lowest BCUT2D eigenvalue weighted by Crippen LogP contribution is -2.24. The summed E-state index contributed by atoms with van der Waals surface area (Å²) < 4.78 is 0. The fraction of sp³-hybridized carbons (Fsp3) is 0.167. The number of nitrogens with zero attached hydrogens (tertiary/aromatic N) is 3. The summed E-state index contributed by atoms with van der Waals surface area (Å²) in [4.78, 5) is 17.6. The van der Waals surface area contributed by atoms with E-state index >= 15 is 0 Å². The van der Waals surface area contributed by atoms with E-state index in [2.05, 4.69) is 22.2 Å². The summed E-state index contributed by atoms with van der Waals surface area (Å²) in [5, 5.41) is 9.30. The van der Waals surface area contributed by atoms with E-state index in [1.165, 1.54) is 0 Å². The molecule has 0 aliphatic carbocycles. The van der Waals surface area contributed by atoms with Gasteiger partial charge in [0.15, 0.2) is 0 Å². The Morgan fingerprint density at radius 3 is 2.87 bits per heavy atom. The third-order valence-corrected chi connectivity index (χ3v) is 5.00. The smallest absolute Gasteiger partial charge is 0.240 e. The second-order valence-electron chi connectivity index (χ2n) is 5.52. The maximum Gasteiger partial charge on any atom is 0.240 e. The van der Waals surface area contributed by atoms with Gasteiger partial charge in [-0.25, -0.2) is 5.01 Å². The van der Waals surface area contributed by atoms with Crippen molar-refractivity contribution in [3.8, 4) is 0 Å². The molecule has 0 saturated carbocycles. The van der Waals surface area contributed by atoms with E-state index in [0.717, 1.165) is 33.5 Å². The van der Waals surface area contributed by atoms with Crippen molar-refractivity contribution in [1.29, 1.82) is 0 Å². The predicted octanol–water partition coefficient (Wildman–Crippen LogP) is 3.99. The van der Waals surface area contributed by atoms with Gasteiger partial charge in [-0.2, -0.15) is 5.10 Å². The lowest BCUT2D eigenvalue weighted by Gasteiger charge is -2.21. The molecule has 0 fully saturated rings. The van der Waals surface area contributed by atoms with Crippen LogP contribution in [0.15, 0.2) is 59.1 Å². The molecular formula is C18H15N3OS. The number of amides is 1. The summed E-state index contributed by atoms with van der Waals surface area (Å²) in [6.45, 7) is 1.57. The van der Waals surface area contributed by atoms with Crippen LogP contribution in [0.25, 0.3) is 10.9 Å². The minimum absolute atomic E-state index is 0.0394. The zero-order valence-corrected chi connectivity index (χ0v) is 13.5. The Labute approximate surface area is 138 Å². The maximum absolute atomic E-state index is 12.1. The maximum atomic E-state index is 12.1. The van der Waals surface area contributed by atoms with Crippen molar-refractivity contribution in [3.63, 3.8) is 0 Å². The number of aromatic nitrogens is 1. The Balaban J connectivity index is 1.80. The number of fused-ring (bicyclic) bond motifs is 1. The molecule has 1 atom stereocenters. The topological polar surface area (TPSA) is 45.6 Å². The van der Waals surface area contributed by atoms with Gasteiger partial charge in [0.25, 0.3) is 0 Å². The number of pyridine rings is 1. The van der Waals surface area contributed by atoms with Gasteiger partial charge in [0, 0.05) is 24.9 Å². The first-order valence-corrected chi connectivity index (χ1v) is 8.37. The predicted molar refractivity (Wildman–Crippen MR) is 92.5 cm³/mol. The summed E-state index contributed by atoms with van der Waals surface area (Å²) in [5.41, 5.74) is 3.01. The number of hydrogen-bond acceptors (Lipinski definition) is 4. The number of hydrazone groups is 1. The summed E-state index contributed by atoms with van der Waals surface area (Å²) in [5.74, 6) is -0.0394. The lowest BCUT2D eigenvalue weighted by atomic mass is 9.98. The van der Waals surface area contributed by atoms with Gasteiger partial charge < -0.3 is 0 Å². The fourth-order valence-electron chi connectivity index (χ4n) is 3.04. The molecule has 0 radical (unpaired) electrons. The third-order valence-electron chi connectivity index (χ3n) is 4.08. The first-order chi connectivity index (χ1) is 11.2. The van der Waals surface area contributed by atoms with Gasteiger partial charge in [-0.1, -0.05) is 24.3 Å². The lowest BCUT2D eigenvalue weighted by molar-refractivity contribution is -0.130. The van der Waals surface area contributed by atoms with E-state index in [9.17, 15) is 4.79 Å². The largest absolute Gasteiger partial charge is 0.273 e. The van der Waals surface area contributed by atoms with Crippen molar-refractivity contribution in [2.45, 2.75) is 19.4 Å². The number of benzene rings is 1. The van der Waals surface area contributed by atoms with Gasteiger partial charge in [-0.15, -0.1) is 11.3 Å². The fourth-order valence-corrected chi connectivity index (χ4v) is 3.76. The number of rotatable bonds is 2. The first kappa shape index (κ1) is 14.1. The molecule has 4 rings (SSSR count). The molecule has 0 saturated heterocycles. The number of carbonyl (C=O) groups excluding carboxylic acids is 1. The highest BCUT2D eigenvalue weighted by Crippen LogP contribution is 2.36. The molecule has 114 valence electrons. The summed E-state index contributed by atoms with van der Waals surface area (Å²) >= 11 is 1.65. The van der Waals surface area contributed by atoms with Crippen LogP contribution in [0.2, 0.25) is 0 Å². The molecule has 0 N–H and O–H groups in total. The molecule has 3 aromatic rings. The van der Waals surface area contributed by atoms with Crippen LogP contribution in [-0.2, 0) is 4.79 Å². The Morgan fingerprint density at radius 1 is 1.22 bits per heavy atom. The third kappa shape index (κ3) is 2.43. The van der Waals surface area contributed by atoms with E-state index in [1.54, 1.807) is 29.5 Å². The van der Waals surface area contributed by atoms with Crippen LogP contribution in [-0.4, -0.2) is 21.6 Å². The minimum atomic E-state index is -0.0718. The standard InChI is InChI=1S/C18H15N3OS/c1-12(22)21-17(11-16(20-21)18-7-4-10-23-18)14-8-9-19-15-6-3-2-5-13(14)15/h2-10,17H,11H2,1H3/t17-/m0/s1. The number of para-hydroxylation sites is 1. The van der Waals surface area contributed by atoms with Crippen LogP contribution in [0.1, 0.15) is 29.8 Å². The molecule has 4 nitrogen and oxygen atoms in total. The molecule has 3 heterocycles. The first-order valence-electron chi connectivity index (χ1n) is 7.49. The molecule has 0 bridgehead atoms. The van der Waals surface area contributed by atoms with Gasteiger partial charge >= 0.3 is 0 Å². The number of thiophene rings is 1. The molecule has 23 heavy (non-hydrogen) atoms. The second-order valence-corrected chi connectivity index (χ2v) is 6.47. The van der Waals surface area contributed by atoms with Crippen molar-refractivity contribution in [3.05, 3.63) is 64.5 Å². The highest BCUT2D eigenvalue weighted by Gasteiger charge is 2.32. The van der Waals surface area contributed by atoms with Crippen molar-refractivity contribution < 1.29 is 4.79 Å². The number of carbonyl (C=O) groups is 1. The molecule has 2 aromatic heterocycles. The van der Waals surface area contributed by atoms with Crippen LogP contribution >= 0.6 is 11.3 Å². The van der Waals surface area contributed by atoms with Crippen LogP contribution in [0, 0.1) is 0 Å². The molecule has 1 aliphatic rings. The highest BCUT2D eigenvalue weighted by atomic mass is 32.1. The molecular weight excluding hydrogens is 306 g/mol. The van der Waals surface area contributed by atoms with Gasteiger partial charge in [0.2, 0.25) is 5.91 Å². The van der Waals surface area contributed by atoms with Crippen molar-refractivity contribution in [2.24, 2.45) is 5.10 Å². The number of hydrogen-bond donors (Lipinski definition) is 0. The quantitative estimate of drug-likeness (QED) is 0.716. The van der Waals surface area contributed by atoms with Crippen molar-refractivity contribution in [2.75, 3.05) is 0 Å². The average molecular weight is 321 g/mol. The zero-order chi connectivity index (χ0) is 15.8. The Bertz CT molecular complexity index is 896. The summed E-state index contributed by atoms with van der Waals surface area (Å²) in [7, 11) is 0. The van der Waals surface area contributed by atoms with E-state index in [4.69, 9.17) is 0 Å².